The lowest BCUT2D eigenvalue weighted by atomic mass is 9.92. The van der Waals surface area contributed by atoms with Crippen LogP contribution in [0, 0.1) is 5.82 Å². The number of allylic oxidation sites excluding steroid dienone is 1. The molecule has 0 aliphatic rings. The summed E-state index contributed by atoms with van der Waals surface area (Å²) in [6.07, 6.45) is 2.12. The van der Waals surface area contributed by atoms with Crippen LogP contribution in [0.3, 0.4) is 0 Å². The molecule has 0 heterocycles. The summed E-state index contributed by atoms with van der Waals surface area (Å²) < 4.78 is 14.0. The molecule has 0 unspecified atom stereocenters. The van der Waals surface area contributed by atoms with E-state index in [4.69, 9.17) is 5.73 Å². The van der Waals surface area contributed by atoms with Gasteiger partial charge in [-0.15, -0.1) is 6.58 Å². The molecular formula is C21H24BrFN2O2. The third-order valence-corrected chi connectivity index (χ3v) is 5.45. The van der Waals surface area contributed by atoms with E-state index in [1.165, 1.54) is 17.0 Å². The first-order valence-electron chi connectivity index (χ1n) is 8.74. The quantitative estimate of drug-likeness (QED) is 0.397. The maximum atomic E-state index is 13.2. The fourth-order valence-corrected chi connectivity index (χ4v) is 3.36. The van der Waals surface area contributed by atoms with Crippen molar-refractivity contribution in [3.63, 3.8) is 0 Å². The molecule has 0 aliphatic heterocycles. The van der Waals surface area contributed by atoms with Gasteiger partial charge in [-0.2, -0.15) is 0 Å². The van der Waals surface area contributed by atoms with Gasteiger partial charge in [0.25, 0.3) is 0 Å². The molecule has 27 heavy (non-hydrogen) atoms. The Hall–Kier alpha value is -2.34. The molecule has 0 bridgehead atoms. The summed E-state index contributed by atoms with van der Waals surface area (Å²) in [6.45, 7) is 5.98. The molecule has 1 amide bonds. The third-order valence-electron chi connectivity index (χ3n) is 4.73. The number of anilines is 1. The fraction of sp³-hybridized carbons (Fsp3) is 0.286. The first-order valence-corrected chi connectivity index (χ1v) is 9.53. The Balaban J connectivity index is 2.15. The van der Waals surface area contributed by atoms with E-state index >= 15 is 0 Å². The van der Waals surface area contributed by atoms with Crippen LogP contribution < -0.4 is 5.73 Å². The van der Waals surface area contributed by atoms with Crippen LogP contribution in [0.4, 0.5) is 14.9 Å². The zero-order valence-electron chi connectivity index (χ0n) is 15.2. The van der Waals surface area contributed by atoms with Gasteiger partial charge in [0.2, 0.25) is 0 Å². The molecule has 0 saturated carbocycles. The van der Waals surface area contributed by atoms with E-state index in [0.29, 0.717) is 25.1 Å². The van der Waals surface area contributed by atoms with Crippen molar-refractivity contribution in [3.05, 3.63) is 76.5 Å². The summed E-state index contributed by atoms with van der Waals surface area (Å²) >= 11 is 3.35. The third kappa shape index (κ3) is 5.57. The van der Waals surface area contributed by atoms with Crippen molar-refractivity contribution < 1.29 is 14.3 Å². The molecule has 2 aromatic carbocycles. The van der Waals surface area contributed by atoms with Crippen LogP contribution in [-0.2, 0) is 0 Å². The highest BCUT2D eigenvalue weighted by Gasteiger charge is 2.23. The molecule has 0 aromatic heterocycles. The average molecular weight is 435 g/mol. The molecule has 2 rings (SSSR count). The lowest BCUT2D eigenvalue weighted by molar-refractivity contribution is 0.126. The number of hydrogen-bond donors (Lipinski definition) is 2. The number of carboxylic acid groups (broad SMARTS) is 1. The van der Waals surface area contributed by atoms with Crippen molar-refractivity contribution in [1.29, 1.82) is 0 Å². The normalized spacial score (nSPS) is 13.0. The second kappa shape index (κ2) is 9.55. The van der Waals surface area contributed by atoms with Gasteiger partial charge in [0.1, 0.15) is 5.82 Å². The number of nitrogens with zero attached hydrogens (tertiary/aromatic N) is 1. The highest BCUT2D eigenvalue weighted by atomic mass is 79.9. The van der Waals surface area contributed by atoms with Crippen LogP contribution in [0.1, 0.15) is 42.9 Å². The minimum absolute atomic E-state index is 0.0761. The van der Waals surface area contributed by atoms with Gasteiger partial charge in [-0.1, -0.05) is 24.3 Å². The van der Waals surface area contributed by atoms with Gasteiger partial charge in [-0.05, 0) is 77.0 Å². The zero-order valence-corrected chi connectivity index (χ0v) is 16.8. The van der Waals surface area contributed by atoms with Crippen molar-refractivity contribution in [1.82, 2.24) is 4.90 Å². The number of hydrogen-bond acceptors (Lipinski definition) is 2. The minimum atomic E-state index is -0.986. The molecule has 2 aromatic rings. The van der Waals surface area contributed by atoms with Gasteiger partial charge in [-0.25, -0.2) is 9.18 Å². The molecule has 0 spiro atoms. The van der Waals surface area contributed by atoms with Crippen LogP contribution >= 0.6 is 15.9 Å². The molecule has 0 aliphatic carbocycles. The van der Waals surface area contributed by atoms with Crippen molar-refractivity contribution in [2.75, 3.05) is 12.3 Å². The second-order valence-electron chi connectivity index (χ2n) is 6.49. The molecule has 6 heteroatoms. The van der Waals surface area contributed by atoms with E-state index in [0.717, 1.165) is 15.6 Å². The Labute approximate surface area is 167 Å². The van der Waals surface area contributed by atoms with Crippen LogP contribution in [0.2, 0.25) is 0 Å². The summed E-state index contributed by atoms with van der Waals surface area (Å²) in [4.78, 5) is 13.2. The zero-order chi connectivity index (χ0) is 20.0. The summed E-state index contributed by atoms with van der Waals surface area (Å²) in [5.74, 6) is -0.211. The van der Waals surface area contributed by atoms with Gasteiger partial charge < -0.3 is 15.7 Å². The monoisotopic (exact) mass is 434 g/mol. The van der Waals surface area contributed by atoms with Gasteiger partial charge in [-0.3, -0.25) is 0 Å². The van der Waals surface area contributed by atoms with Crippen LogP contribution in [0.15, 0.2) is 59.6 Å². The maximum absolute atomic E-state index is 13.2. The Kier molecular flexibility index (Phi) is 7.42. The number of carbonyl (C=O) groups is 1. The Morgan fingerprint density at radius 2 is 1.93 bits per heavy atom. The van der Waals surface area contributed by atoms with Crippen molar-refractivity contribution >= 4 is 27.7 Å². The van der Waals surface area contributed by atoms with E-state index in [1.54, 1.807) is 24.3 Å². The predicted octanol–water partition coefficient (Wildman–Crippen LogP) is 5.96. The van der Waals surface area contributed by atoms with Crippen LogP contribution in [0.5, 0.6) is 0 Å². The maximum Gasteiger partial charge on any atom is 0.407 e. The van der Waals surface area contributed by atoms with E-state index in [1.807, 2.05) is 19.1 Å². The molecular weight excluding hydrogens is 411 g/mol. The Morgan fingerprint density at radius 1 is 1.30 bits per heavy atom. The Bertz CT molecular complexity index is 795. The largest absolute Gasteiger partial charge is 0.465 e. The van der Waals surface area contributed by atoms with E-state index in [-0.39, 0.29) is 17.8 Å². The highest BCUT2D eigenvalue weighted by Crippen LogP contribution is 2.29. The van der Waals surface area contributed by atoms with Crippen LogP contribution in [-0.4, -0.2) is 22.6 Å². The lowest BCUT2D eigenvalue weighted by Crippen LogP contribution is -2.34. The minimum Gasteiger partial charge on any atom is -0.465 e. The predicted molar refractivity (Wildman–Crippen MR) is 110 cm³/mol. The van der Waals surface area contributed by atoms with Crippen molar-refractivity contribution in [3.8, 4) is 0 Å². The van der Waals surface area contributed by atoms with E-state index in [2.05, 4.69) is 22.5 Å². The molecule has 0 radical (unpaired) electrons. The molecule has 3 N–H and O–H groups in total. The number of rotatable bonds is 8. The summed E-state index contributed by atoms with van der Waals surface area (Å²) in [6, 6.07) is 11.5. The highest BCUT2D eigenvalue weighted by molar-refractivity contribution is 9.10. The lowest BCUT2D eigenvalue weighted by Gasteiger charge is -2.29. The first-order chi connectivity index (χ1) is 12.8. The van der Waals surface area contributed by atoms with Crippen LogP contribution in [0.25, 0.3) is 0 Å². The number of nitrogens with two attached hydrogens (primary N) is 1. The second-order valence-corrected chi connectivity index (χ2v) is 7.35. The van der Waals surface area contributed by atoms with E-state index < -0.39 is 6.09 Å². The van der Waals surface area contributed by atoms with Gasteiger partial charge in [0.15, 0.2) is 0 Å². The van der Waals surface area contributed by atoms with Crippen molar-refractivity contribution in [2.24, 2.45) is 0 Å². The average Bonchev–Trinajstić information content (AvgIpc) is 2.63. The van der Waals surface area contributed by atoms with Gasteiger partial charge >= 0.3 is 6.09 Å². The molecule has 0 saturated heterocycles. The Morgan fingerprint density at radius 3 is 2.48 bits per heavy atom. The molecule has 4 nitrogen and oxygen atoms in total. The fourth-order valence-electron chi connectivity index (χ4n) is 3.11. The SMILES string of the molecule is C=CC[C@@H](CCN(C(=O)O)[C@@H](C)c1ccc(Br)c(N)c1)c1ccc(F)cc1. The molecule has 2 atom stereocenters. The summed E-state index contributed by atoms with van der Waals surface area (Å²) in [7, 11) is 0. The first kappa shape index (κ1) is 21.0. The van der Waals surface area contributed by atoms with Crippen molar-refractivity contribution in [2.45, 2.75) is 31.7 Å². The smallest absolute Gasteiger partial charge is 0.407 e. The number of benzene rings is 2. The number of nitrogen functional groups attached to an aromatic ring is 1. The molecule has 144 valence electrons. The summed E-state index contributed by atoms with van der Waals surface area (Å²) in [5.41, 5.74) is 8.31. The number of amides is 1. The van der Waals surface area contributed by atoms with Gasteiger partial charge in [0.05, 0.1) is 6.04 Å². The van der Waals surface area contributed by atoms with E-state index in [9.17, 15) is 14.3 Å². The topological polar surface area (TPSA) is 66.6 Å². The molecule has 0 fully saturated rings. The summed E-state index contributed by atoms with van der Waals surface area (Å²) in [5, 5.41) is 9.69. The standard InChI is InChI=1S/C21H24BrFN2O2/c1-3-4-15(16-5-8-18(23)9-6-16)11-12-25(21(26)27)14(2)17-7-10-19(22)20(24)13-17/h3,5-10,13-15H,1,4,11-12,24H2,2H3,(H,26,27)/t14-,15-/m0/s1. The number of halogens is 2. The van der Waals surface area contributed by atoms with Gasteiger partial charge in [0, 0.05) is 16.7 Å².